The highest BCUT2D eigenvalue weighted by Crippen LogP contribution is 2.60. The average Bonchev–Trinajstić information content (AvgIpc) is 2.36. The Kier molecular flexibility index (Phi) is 2.00. The molecular formula is C16H20O. The van der Waals surface area contributed by atoms with Crippen LogP contribution in [0.1, 0.15) is 37.7 Å². The van der Waals surface area contributed by atoms with Crippen molar-refractivity contribution in [3.63, 3.8) is 0 Å². The van der Waals surface area contributed by atoms with Gasteiger partial charge in [0.1, 0.15) is 0 Å². The molecule has 0 amide bonds. The van der Waals surface area contributed by atoms with Crippen LogP contribution in [0, 0.1) is 17.8 Å². The number of rotatable bonds is 1. The highest BCUT2D eigenvalue weighted by atomic mass is 16.3. The quantitative estimate of drug-likeness (QED) is 0.783. The van der Waals surface area contributed by atoms with Crippen LogP contribution in [-0.4, -0.2) is 11.2 Å². The van der Waals surface area contributed by atoms with Gasteiger partial charge in [-0.15, -0.1) is 0 Å². The van der Waals surface area contributed by atoms with E-state index in [1.54, 1.807) is 0 Å². The Morgan fingerprint density at radius 3 is 2.24 bits per heavy atom. The van der Waals surface area contributed by atoms with Crippen LogP contribution in [0.4, 0.5) is 0 Å². The van der Waals surface area contributed by atoms with Crippen LogP contribution < -0.4 is 0 Å². The van der Waals surface area contributed by atoms with E-state index in [9.17, 15) is 5.11 Å². The zero-order chi connectivity index (χ0) is 11.5. The Balaban J connectivity index is 1.81. The molecule has 4 fully saturated rings. The third kappa shape index (κ3) is 1.29. The van der Waals surface area contributed by atoms with Crippen molar-refractivity contribution in [2.45, 2.75) is 43.6 Å². The highest BCUT2D eigenvalue weighted by Gasteiger charge is 2.57. The zero-order valence-corrected chi connectivity index (χ0v) is 10.2. The Bertz CT molecular complexity index is 410. The number of benzene rings is 1. The second kappa shape index (κ2) is 3.35. The fourth-order valence-corrected chi connectivity index (χ4v) is 5.19. The molecule has 0 heterocycles. The summed E-state index contributed by atoms with van der Waals surface area (Å²) in [7, 11) is 0. The van der Waals surface area contributed by atoms with E-state index in [-0.39, 0.29) is 11.5 Å². The molecule has 0 aliphatic heterocycles. The summed E-state index contributed by atoms with van der Waals surface area (Å²) in [6.45, 7) is 0. The predicted molar refractivity (Wildman–Crippen MR) is 67.7 cm³/mol. The van der Waals surface area contributed by atoms with Crippen LogP contribution in [0.2, 0.25) is 0 Å². The first-order valence-corrected chi connectivity index (χ1v) is 7.01. The first-order valence-electron chi connectivity index (χ1n) is 7.01. The average molecular weight is 228 g/mol. The lowest BCUT2D eigenvalue weighted by atomic mass is 9.46. The first-order chi connectivity index (χ1) is 8.28. The molecule has 4 aliphatic rings. The summed E-state index contributed by atoms with van der Waals surface area (Å²) < 4.78 is 0. The monoisotopic (exact) mass is 228 g/mol. The van der Waals surface area contributed by atoms with Crippen LogP contribution in [0.3, 0.4) is 0 Å². The van der Waals surface area contributed by atoms with Crippen molar-refractivity contribution >= 4 is 0 Å². The summed E-state index contributed by atoms with van der Waals surface area (Å²) in [4.78, 5) is 0. The minimum Gasteiger partial charge on any atom is -0.392 e. The van der Waals surface area contributed by atoms with Crippen molar-refractivity contribution in [3.05, 3.63) is 35.9 Å². The highest BCUT2D eigenvalue weighted by molar-refractivity contribution is 5.31. The van der Waals surface area contributed by atoms with Gasteiger partial charge in [0.05, 0.1) is 6.10 Å². The van der Waals surface area contributed by atoms with Gasteiger partial charge in [-0.25, -0.2) is 0 Å². The Hall–Kier alpha value is -0.820. The SMILES string of the molecule is OC1C2CC3CC(C2)CC1(c1ccccc1)C3. The summed E-state index contributed by atoms with van der Waals surface area (Å²) in [6, 6.07) is 10.8. The van der Waals surface area contributed by atoms with E-state index in [1.165, 1.54) is 37.7 Å². The van der Waals surface area contributed by atoms with Crippen molar-refractivity contribution in [3.8, 4) is 0 Å². The lowest BCUT2D eigenvalue weighted by Gasteiger charge is -2.59. The van der Waals surface area contributed by atoms with Gasteiger partial charge in [-0.3, -0.25) is 0 Å². The van der Waals surface area contributed by atoms with Crippen LogP contribution in [-0.2, 0) is 5.41 Å². The molecule has 0 radical (unpaired) electrons. The third-order valence-electron chi connectivity index (χ3n) is 5.61. The van der Waals surface area contributed by atoms with E-state index >= 15 is 0 Å². The summed E-state index contributed by atoms with van der Waals surface area (Å²) in [5, 5.41) is 10.7. The van der Waals surface area contributed by atoms with Crippen molar-refractivity contribution < 1.29 is 5.11 Å². The molecule has 1 nitrogen and oxygen atoms in total. The van der Waals surface area contributed by atoms with Gasteiger partial charge in [-0.1, -0.05) is 30.3 Å². The zero-order valence-electron chi connectivity index (χ0n) is 10.2. The molecule has 1 N–H and O–H groups in total. The van der Waals surface area contributed by atoms with E-state index in [4.69, 9.17) is 0 Å². The molecule has 4 aliphatic carbocycles. The topological polar surface area (TPSA) is 20.2 Å². The van der Waals surface area contributed by atoms with Crippen LogP contribution in [0.25, 0.3) is 0 Å². The first kappa shape index (κ1) is 10.1. The predicted octanol–water partition coefficient (Wildman–Crippen LogP) is 3.13. The summed E-state index contributed by atoms with van der Waals surface area (Å²) >= 11 is 0. The minimum atomic E-state index is -0.0855. The Morgan fingerprint density at radius 1 is 0.941 bits per heavy atom. The molecular weight excluding hydrogens is 208 g/mol. The van der Waals surface area contributed by atoms with Gasteiger partial charge < -0.3 is 5.11 Å². The van der Waals surface area contributed by atoms with Crippen LogP contribution >= 0.6 is 0 Å². The number of aliphatic hydroxyl groups is 1. The molecule has 1 aromatic rings. The molecule has 1 aromatic carbocycles. The molecule has 5 rings (SSSR count). The molecule has 4 bridgehead atoms. The van der Waals surface area contributed by atoms with E-state index in [0.717, 1.165) is 11.8 Å². The van der Waals surface area contributed by atoms with E-state index in [0.29, 0.717) is 5.92 Å². The molecule has 3 unspecified atom stereocenters. The molecule has 1 heteroatoms. The molecule has 17 heavy (non-hydrogen) atoms. The van der Waals surface area contributed by atoms with Crippen molar-refractivity contribution in [1.29, 1.82) is 0 Å². The van der Waals surface area contributed by atoms with E-state index in [1.807, 2.05) is 0 Å². The normalized spacial score (nSPS) is 47.4. The summed E-state index contributed by atoms with van der Waals surface area (Å²) in [5.74, 6) is 2.36. The van der Waals surface area contributed by atoms with E-state index in [2.05, 4.69) is 30.3 Å². The summed E-state index contributed by atoms with van der Waals surface area (Å²) in [6.07, 6.45) is 6.37. The van der Waals surface area contributed by atoms with Gasteiger partial charge in [0, 0.05) is 5.41 Å². The van der Waals surface area contributed by atoms with Gasteiger partial charge in [-0.2, -0.15) is 0 Å². The molecule has 0 saturated heterocycles. The maximum absolute atomic E-state index is 10.7. The van der Waals surface area contributed by atoms with Gasteiger partial charge in [0.25, 0.3) is 0 Å². The molecule has 0 spiro atoms. The van der Waals surface area contributed by atoms with Gasteiger partial charge >= 0.3 is 0 Å². The Labute approximate surface area is 103 Å². The number of hydrogen-bond acceptors (Lipinski definition) is 1. The fourth-order valence-electron chi connectivity index (χ4n) is 5.19. The van der Waals surface area contributed by atoms with E-state index < -0.39 is 0 Å². The maximum atomic E-state index is 10.7. The Morgan fingerprint density at radius 2 is 1.59 bits per heavy atom. The lowest BCUT2D eigenvalue weighted by molar-refractivity contribution is -0.113. The third-order valence-corrected chi connectivity index (χ3v) is 5.61. The second-order valence-electron chi connectivity index (χ2n) is 6.57. The lowest BCUT2D eigenvalue weighted by Crippen LogP contribution is -2.58. The fraction of sp³-hybridized carbons (Fsp3) is 0.625. The standard InChI is InChI=1S/C16H20O/c17-15-13-7-11-6-12(8-13)10-16(15,9-11)14-4-2-1-3-5-14/h1-5,11-13,15,17H,6-10H2. The largest absolute Gasteiger partial charge is 0.392 e. The number of aliphatic hydroxyl groups excluding tert-OH is 1. The van der Waals surface area contributed by atoms with Crippen molar-refractivity contribution in [1.82, 2.24) is 0 Å². The molecule has 90 valence electrons. The summed E-state index contributed by atoms with van der Waals surface area (Å²) in [5.41, 5.74) is 1.50. The van der Waals surface area contributed by atoms with Gasteiger partial charge in [0.2, 0.25) is 0 Å². The smallest absolute Gasteiger partial charge is 0.0665 e. The van der Waals surface area contributed by atoms with Crippen molar-refractivity contribution in [2.75, 3.05) is 0 Å². The van der Waals surface area contributed by atoms with Gasteiger partial charge in [0.15, 0.2) is 0 Å². The molecule has 0 aromatic heterocycles. The number of hydrogen-bond donors (Lipinski definition) is 1. The van der Waals surface area contributed by atoms with Crippen LogP contribution in [0.5, 0.6) is 0 Å². The maximum Gasteiger partial charge on any atom is 0.0665 e. The van der Waals surface area contributed by atoms with Crippen molar-refractivity contribution in [2.24, 2.45) is 17.8 Å². The van der Waals surface area contributed by atoms with Crippen LogP contribution in [0.15, 0.2) is 30.3 Å². The minimum absolute atomic E-state index is 0.0855. The molecule has 4 saturated carbocycles. The van der Waals surface area contributed by atoms with Gasteiger partial charge in [-0.05, 0) is 55.4 Å². The second-order valence-corrected chi connectivity index (χ2v) is 6.57. The molecule has 3 atom stereocenters.